The zero-order chi connectivity index (χ0) is 18.5. The fourth-order valence-corrected chi connectivity index (χ4v) is 3.88. The Hall–Kier alpha value is -2.14. The van der Waals surface area contributed by atoms with E-state index in [0.29, 0.717) is 24.8 Å². The van der Waals surface area contributed by atoms with Crippen molar-refractivity contribution in [1.82, 2.24) is 20.4 Å². The number of rotatable bonds is 6. The Bertz CT molecular complexity index is 732. The van der Waals surface area contributed by atoms with Gasteiger partial charge in [0.1, 0.15) is 0 Å². The van der Waals surface area contributed by atoms with E-state index in [1.807, 2.05) is 41.9 Å². The van der Waals surface area contributed by atoms with Gasteiger partial charge in [0.2, 0.25) is 5.91 Å². The molecular weight excluding hydrogens is 324 g/mol. The molecule has 3 rings (SSSR count). The van der Waals surface area contributed by atoms with Gasteiger partial charge in [0.25, 0.3) is 0 Å². The van der Waals surface area contributed by atoms with Crippen LogP contribution in [0.4, 0.5) is 0 Å². The van der Waals surface area contributed by atoms with Gasteiger partial charge in [-0.15, -0.1) is 0 Å². The summed E-state index contributed by atoms with van der Waals surface area (Å²) in [5, 5.41) is 11.1. The lowest BCUT2D eigenvalue weighted by Gasteiger charge is -2.27. The number of carbonyl (C=O) groups excluding carboxylic acids is 1. The molecule has 0 spiro atoms. The van der Waals surface area contributed by atoms with E-state index in [-0.39, 0.29) is 5.91 Å². The Labute approximate surface area is 156 Å². The standard InChI is InChI=1S/C21H30N4O/c1-15(18-9-11-22-12-10-18)13-21(26)23-14-20-16(2)24-25(17(20)3)19-7-5-4-6-8-19/h4-8,15,18,22H,9-14H2,1-3H3,(H,23,26). The zero-order valence-corrected chi connectivity index (χ0v) is 16.1. The van der Waals surface area contributed by atoms with Crippen LogP contribution in [0.5, 0.6) is 0 Å². The first kappa shape index (κ1) is 18.6. The average Bonchev–Trinajstić information content (AvgIpc) is 2.95. The molecule has 2 heterocycles. The Morgan fingerprint density at radius 1 is 1.27 bits per heavy atom. The van der Waals surface area contributed by atoms with Crippen LogP contribution in [0.1, 0.15) is 43.1 Å². The molecule has 2 aromatic rings. The highest BCUT2D eigenvalue weighted by molar-refractivity contribution is 5.76. The third-order valence-electron chi connectivity index (χ3n) is 5.60. The molecule has 1 unspecified atom stereocenters. The fraction of sp³-hybridized carbons (Fsp3) is 0.524. The number of benzene rings is 1. The van der Waals surface area contributed by atoms with Crippen molar-refractivity contribution in [3.8, 4) is 5.69 Å². The summed E-state index contributed by atoms with van der Waals surface area (Å²) < 4.78 is 1.95. The van der Waals surface area contributed by atoms with Gasteiger partial charge in [0.15, 0.2) is 0 Å². The molecule has 5 nitrogen and oxygen atoms in total. The third kappa shape index (κ3) is 4.33. The molecule has 0 aliphatic carbocycles. The third-order valence-corrected chi connectivity index (χ3v) is 5.60. The second kappa shape index (κ2) is 8.49. The molecule has 1 aliphatic rings. The number of aryl methyl sites for hydroxylation is 1. The maximum atomic E-state index is 12.4. The van der Waals surface area contributed by atoms with E-state index in [2.05, 4.69) is 29.6 Å². The Morgan fingerprint density at radius 3 is 2.65 bits per heavy atom. The molecule has 1 saturated heterocycles. The molecule has 1 aliphatic heterocycles. The quantitative estimate of drug-likeness (QED) is 0.838. The molecule has 1 amide bonds. The van der Waals surface area contributed by atoms with Gasteiger partial charge in [-0.05, 0) is 63.7 Å². The topological polar surface area (TPSA) is 59.0 Å². The fourth-order valence-electron chi connectivity index (χ4n) is 3.88. The molecule has 1 aromatic heterocycles. The van der Waals surface area contributed by atoms with Gasteiger partial charge in [-0.3, -0.25) is 4.79 Å². The van der Waals surface area contributed by atoms with Crippen molar-refractivity contribution in [3.05, 3.63) is 47.3 Å². The van der Waals surface area contributed by atoms with Crippen LogP contribution >= 0.6 is 0 Å². The van der Waals surface area contributed by atoms with Crippen molar-refractivity contribution in [2.45, 2.75) is 46.6 Å². The molecule has 26 heavy (non-hydrogen) atoms. The Kier molecular flexibility index (Phi) is 6.09. The Balaban J connectivity index is 1.59. The van der Waals surface area contributed by atoms with Crippen LogP contribution < -0.4 is 10.6 Å². The minimum atomic E-state index is 0.141. The lowest BCUT2D eigenvalue weighted by Crippen LogP contribution is -2.33. The number of hydrogen-bond acceptors (Lipinski definition) is 3. The zero-order valence-electron chi connectivity index (χ0n) is 16.1. The first-order valence-corrected chi connectivity index (χ1v) is 9.64. The summed E-state index contributed by atoms with van der Waals surface area (Å²) in [5.74, 6) is 1.24. The maximum absolute atomic E-state index is 12.4. The molecule has 1 aromatic carbocycles. The number of aromatic nitrogens is 2. The number of para-hydroxylation sites is 1. The highest BCUT2D eigenvalue weighted by atomic mass is 16.1. The van der Waals surface area contributed by atoms with E-state index in [1.54, 1.807) is 0 Å². The van der Waals surface area contributed by atoms with Gasteiger partial charge in [-0.25, -0.2) is 4.68 Å². The average molecular weight is 354 g/mol. The lowest BCUT2D eigenvalue weighted by atomic mass is 9.84. The molecule has 0 saturated carbocycles. The smallest absolute Gasteiger partial charge is 0.220 e. The molecule has 5 heteroatoms. The predicted molar refractivity (Wildman–Crippen MR) is 104 cm³/mol. The van der Waals surface area contributed by atoms with Gasteiger partial charge < -0.3 is 10.6 Å². The summed E-state index contributed by atoms with van der Waals surface area (Å²) >= 11 is 0. The summed E-state index contributed by atoms with van der Waals surface area (Å²) in [6.07, 6.45) is 2.96. The normalized spacial score (nSPS) is 16.4. The van der Waals surface area contributed by atoms with Crippen LogP contribution in [0.25, 0.3) is 5.69 Å². The van der Waals surface area contributed by atoms with Crippen LogP contribution in [-0.2, 0) is 11.3 Å². The SMILES string of the molecule is Cc1nn(-c2ccccc2)c(C)c1CNC(=O)CC(C)C1CCNCC1. The minimum absolute atomic E-state index is 0.141. The molecule has 0 radical (unpaired) electrons. The van der Waals surface area contributed by atoms with Crippen LogP contribution in [0, 0.1) is 25.7 Å². The molecule has 1 fully saturated rings. The predicted octanol–water partition coefficient (Wildman–Crippen LogP) is 3.13. The maximum Gasteiger partial charge on any atom is 0.220 e. The van der Waals surface area contributed by atoms with Gasteiger partial charge in [-0.2, -0.15) is 5.10 Å². The van der Waals surface area contributed by atoms with E-state index in [4.69, 9.17) is 0 Å². The minimum Gasteiger partial charge on any atom is -0.352 e. The van der Waals surface area contributed by atoms with Crippen LogP contribution in [0.3, 0.4) is 0 Å². The second-order valence-electron chi connectivity index (χ2n) is 7.44. The number of amides is 1. The summed E-state index contributed by atoms with van der Waals surface area (Å²) in [6, 6.07) is 10.1. The van der Waals surface area contributed by atoms with Crippen LogP contribution in [0.2, 0.25) is 0 Å². The van der Waals surface area contributed by atoms with E-state index in [9.17, 15) is 4.79 Å². The molecule has 1 atom stereocenters. The van der Waals surface area contributed by atoms with Gasteiger partial charge in [0.05, 0.1) is 11.4 Å². The van der Waals surface area contributed by atoms with Crippen molar-refractivity contribution < 1.29 is 4.79 Å². The van der Waals surface area contributed by atoms with Crippen LogP contribution in [-0.4, -0.2) is 28.8 Å². The molecule has 140 valence electrons. The van der Waals surface area contributed by atoms with E-state index in [0.717, 1.165) is 35.7 Å². The van der Waals surface area contributed by atoms with Crippen molar-refractivity contribution in [3.63, 3.8) is 0 Å². The van der Waals surface area contributed by atoms with Crippen molar-refractivity contribution >= 4 is 5.91 Å². The monoisotopic (exact) mass is 354 g/mol. The highest BCUT2D eigenvalue weighted by Gasteiger charge is 2.22. The number of nitrogens with zero attached hydrogens (tertiary/aromatic N) is 2. The molecule has 0 bridgehead atoms. The summed E-state index contributed by atoms with van der Waals surface area (Å²) in [5.41, 5.74) is 4.21. The first-order chi connectivity index (χ1) is 12.6. The number of nitrogens with one attached hydrogen (secondary N) is 2. The van der Waals surface area contributed by atoms with E-state index >= 15 is 0 Å². The number of hydrogen-bond donors (Lipinski definition) is 2. The van der Waals surface area contributed by atoms with Crippen molar-refractivity contribution in [2.75, 3.05) is 13.1 Å². The van der Waals surface area contributed by atoms with Gasteiger partial charge >= 0.3 is 0 Å². The largest absolute Gasteiger partial charge is 0.352 e. The van der Waals surface area contributed by atoms with Gasteiger partial charge in [0, 0.05) is 24.2 Å². The Morgan fingerprint density at radius 2 is 1.96 bits per heavy atom. The highest BCUT2D eigenvalue weighted by Crippen LogP contribution is 2.24. The first-order valence-electron chi connectivity index (χ1n) is 9.64. The molecular formula is C21H30N4O. The molecule has 2 N–H and O–H groups in total. The van der Waals surface area contributed by atoms with Crippen LogP contribution in [0.15, 0.2) is 30.3 Å². The summed E-state index contributed by atoms with van der Waals surface area (Å²) in [7, 11) is 0. The lowest BCUT2D eigenvalue weighted by molar-refractivity contribution is -0.122. The second-order valence-corrected chi connectivity index (χ2v) is 7.44. The summed E-state index contributed by atoms with van der Waals surface area (Å²) in [6.45, 7) is 8.97. The number of carbonyl (C=O) groups is 1. The van der Waals surface area contributed by atoms with Gasteiger partial charge in [-0.1, -0.05) is 25.1 Å². The number of piperidine rings is 1. The van der Waals surface area contributed by atoms with Crippen molar-refractivity contribution in [2.24, 2.45) is 11.8 Å². The van der Waals surface area contributed by atoms with E-state index < -0.39 is 0 Å². The van der Waals surface area contributed by atoms with E-state index in [1.165, 1.54) is 12.8 Å². The van der Waals surface area contributed by atoms with Crippen molar-refractivity contribution in [1.29, 1.82) is 0 Å². The summed E-state index contributed by atoms with van der Waals surface area (Å²) in [4.78, 5) is 12.4.